The minimum absolute atomic E-state index is 0.0396. The van der Waals surface area contributed by atoms with Gasteiger partial charge in [-0.2, -0.15) is 0 Å². The molecule has 20 heavy (non-hydrogen) atoms. The molecule has 0 aliphatic heterocycles. The molecule has 1 heterocycles. The summed E-state index contributed by atoms with van der Waals surface area (Å²) in [6, 6.07) is 6.36. The van der Waals surface area contributed by atoms with Gasteiger partial charge < -0.3 is 9.84 Å². The zero-order valence-corrected chi connectivity index (χ0v) is 12.5. The van der Waals surface area contributed by atoms with Crippen LogP contribution in [0, 0.1) is 0 Å². The number of ether oxygens (including phenoxy) is 1. The van der Waals surface area contributed by atoms with Crippen LogP contribution >= 0.6 is 11.3 Å². The van der Waals surface area contributed by atoms with Gasteiger partial charge in [0.25, 0.3) is 0 Å². The molecule has 0 saturated carbocycles. The van der Waals surface area contributed by atoms with E-state index in [9.17, 15) is 4.79 Å². The van der Waals surface area contributed by atoms with Crippen molar-refractivity contribution in [1.29, 1.82) is 0 Å². The van der Waals surface area contributed by atoms with E-state index in [1.54, 1.807) is 23.5 Å². The highest BCUT2D eigenvalue weighted by Gasteiger charge is 2.17. The van der Waals surface area contributed by atoms with Crippen molar-refractivity contribution in [3.05, 3.63) is 45.9 Å². The molecule has 4 nitrogen and oxygen atoms in total. The maximum atomic E-state index is 10.7. The predicted molar refractivity (Wildman–Crippen MR) is 78.5 cm³/mol. The summed E-state index contributed by atoms with van der Waals surface area (Å²) >= 11 is 1.57. The lowest BCUT2D eigenvalue weighted by Gasteiger charge is -2.14. The van der Waals surface area contributed by atoms with E-state index in [1.807, 2.05) is 5.38 Å². The fourth-order valence-corrected chi connectivity index (χ4v) is 2.49. The van der Waals surface area contributed by atoms with E-state index in [-0.39, 0.29) is 11.0 Å². The molecule has 0 unspecified atom stereocenters. The summed E-state index contributed by atoms with van der Waals surface area (Å²) in [6.07, 6.45) is 0. The van der Waals surface area contributed by atoms with E-state index in [0.717, 1.165) is 10.7 Å². The Bertz CT molecular complexity index is 596. The lowest BCUT2D eigenvalue weighted by Crippen LogP contribution is -2.11. The number of aromatic carboxylic acids is 1. The van der Waals surface area contributed by atoms with Crippen LogP contribution in [0.1, 0.15) is 41.8 Å². The Labute approximate surface area is 122 Å². The summed E-state index contributed by atoms with van der Waals surface area (Å²) in [5.74, 6) is -0.297. The van der Waals surface area contributed by atoms with E-state index in [1.165, 1.54) is 12.1 Å². The zero-order valence-electron chi connectivity index (χ0n) is 11.7. The van der Waals surface area contributed by atoms with E-state index < -0.39 is 5.97 Å². The SMILES string of the molecule is CC(C)(C)c1csc(COc2ccc(C(=O)O)cc2)n1. The molecule has 0 aliphatic rings. The van der Waals surface area contributed by atoms with Crippen LogP contribution in [0.2, 0.25) is 0 Å². The molecule has 0 bridgehead atoms. The van der Waals surface area contributed by atoms with Gasteiger partial charge in [0.1, 0.15) is 17.4 Å². The quantitative estimate of drug-likeness (QED) is 0.932. The molecule has 0 spiro atoms. The number of carboxylic acid groups (broad SMARTS) is 1. The Balaban J connectivity index is 1.98. The van der Waals surface area contributed by atoms with Gasteiger partial charge in [0.05, 0.1) is 11.3 Å². The van der Waals surface area contributed by atoms with E-state index in [2.05, 4.69) is 25.8 Å². The van der Waals surface area contributed by atoms with Crippen molar-refractivity contribution in [2.75, 3.05) is 0 Å². The highest BCUT2D eigenvalue weighted by molar-refractivity contribution is 7.09. The molecule has 1 N–H and O–H groups in total. The maximum absolute atomic E-state index is 10.7. The van der Waals surface area contributed by atoms with Crippen molar-refractivity contribution in [3.8, 4) is 5.75 Å². The van der Waals surface area contributed by atoms with Gasteiger partial charge in [0.15, 0.2) is 0 Å². The number of nitrogens with zero attached hydrogens (tertiary/aromatic N) is 1. The standard InChI is InChI=1S/C15H17NO3S/c1-15(2,3)12-9-20-13(16-12)8-19-11-6-4-10(5-7-11)14(17)18/h4-7,9H,8H2,1-3H3,(H,17,18). The minimum atomic E-state index is -0.939. The first-order valence-corrected chi connectivity index (χ1v) is 7.15. The first kappa shape index (κ1) is 14.5. The highest BCUT2D eigenvalue weighted by Crippen LogP contribution is 2.24. The van der Waals surface area contributed by atoms with Gasteiger partial charge in [-0.3, -0.25) is 0 Å². The molecule has 0 radical (unpaired) electrons. The Morgan fingerprint density at radius 1 is 1.30 bits per heavy atom. The number of rotatable bonds is 4. The number of aromatic nitrogens is 1. The lowest BCUT2D eigenvalue weighted by molar-refractivity contribution is 0.0697. The van der Waals surface area contributed by atoms with Crippen LogP contribution < -0.4 is 4.74 Å². The number of hydrogen-bond acceptors (Lipinski definition) is 4. The van der Waals surface area contributed by atoms with E-state index in [0.29, 0.717) is 12.4 Å². The number of carboxylic acids is 1. The summed E-state index contributed by atoms with van der Waals surface area (Å²) in [7, 11) is 0. The van der Waals surface area contributed by atoms with E-state index >= 15 is 0 Å². The van der Waals surface area contributed by atoms with Gasteiger partial charge in [0, 0.05) is 10.8 Å². The van der Waals surface area contributed by atoms with Gasteiger partial charge in [-0.05, 0) is 24.3 Å². The average Bonchev–Trinajstić information content (AvgIpc) is 2.85. The Morgan fingerprint density at radius 3 is 2.45 bits per heavy atom. The number of carbonyl (C=O) groups is 1. The van der Waals surface area contributed by atoms with Crippen LogP contribution in [0.15, 0.2) is 29.6 Å². The third-order valence-electron chi connectivity index (χ3n) is 2.78. The maximum Gasteiger partial charge on any atom is 0.335 e. The Kier molecular flexibility index (Phi) is 4.09. The van der Waals surface area contributed by atoms with Gasteiger partial charge in [-0.25, -0.2) is 9.78 Å². The van der Waals surface area contributed by atoms with E-state index in [4.69, 9.17) is 9.84 Å². The van der Waals surface area contributed by atoms with Crippen LogP contribution in [-0.4, -0.2) is 16.1 Å². The van der Waals surface area contributed by atoms with Crippen LogP contribution in [0.3, 0.4) is 0 Å². The van der Waals surface area contributed by atoms with Crippen LogP contribution in [-0.2, 0) is 12.0 Å². The van der Waals surface area contributed by atoms with Crippen molar-refractivity contribution < 1.29 is 14.6 Å². The second-order valence-electron chi connectivity index (χ2n) is 5.49. The summed E-state index contributed by atoms with van der Waals surface area (Å²) in [5, 5.41) is 11.8. The number of hydrogen-bond donors (Lipinski definition) is 1. The smallest absolute Gasteiger partial charge is 0.335 e. The molecule has 1 aromatic heterocycles. The molecular weight excluding hydrogens is 274 g/mol. The number of benzene rings is 1. The molecule has 0 fully saturated rings. The van der Waals surface area contributed by atoms with Crippen molar-refractivity contribution in [3.63, 3.8) is 0 Å². The molecule has 106 valence electrons. The lowest BCUT2D eigenvalue weighted by atomic mass is 9.93. The number of thiazole rings is 1. The molecule has 2 aromatic rings. The van der Waals surface area contributed by atoms with Crippen LogP contribution in [0.5, 0.6) is 5.75 Å². The molecule has 0 aliphatic carbocycles. The van der Waals surface area contributed by atoms with Gasteiger partial charge in [-0.1, -0.05) is 20.8 Å². The topological polar surface area (TPSA) is 59.4 Å². The second kappa shape index (κ2) is 5.63. The van der Waals surface area contributed by atoms with Crippen LogP contribution in [0.4, 0.5) is 0 Å². The molecule has 0 saturated heterocycles. The third-order valence-corrected chi connectivity index (χ3v) is 3.61. The molecule has 0 amide bonds. The van der Waals surface area contributed by atoms with Crippen molar-refractivity contribution in [2.24, 2.45) is 0 Å². The first-order chi connectivity index (χ1) is 9.36. The van der Waals surface area contributed by atoms with Crippen molar-refractivity contribution >= 4 is 17.3 Å². The molecule has 5 heteroatoms. The van der Waals surface area contributed by atoms with Crippen LogP contribution in [0.25, 0.3) is 0 Å². The Morgan fingerprint density at radius 2 is 1.95 bits per heavy atom. The summed E-state index contributed by atoms with van der Waals surface area (Å²) in [5.41, 5.74) is 1.35. The van der Waals surface area contributed by atoms with Crippen molar-refractivity contribution in [2.45, 2.75) is 32.8 Å². The zero-order chi connectivity index (χ0) is 14.8. The highest BCUT2D eigenvalue weighted by atomic mass is 32.1. The fraction of sp³-hybridized carbons (Fsp3) is 0.333. The fourth-order valence-electron chi connectivity index (χ4n) is 1.56. The summed E-state index contributed by atoms with van der Waals surface area (Å²) in [6.45, 7) is 6.76. The van der Waals surface area contributed by atoms with Gasteiger partial charge in [-0.15, -0.1) is 11.3 Å². The Hall–Kier alpha value is -1.88. The third kappa shape index (κ3) is 3.57. The average molecular weight is 291 g/mol. The van der Waals surface area contributed by atoms with Crippen molar-refractivity contribution in [1.82, 2.24) is 4.98 Å². The van der Waals surface area contributed by atoms with Gasteiger partial charge in [0.2, 0.25) is 0 Å². The second-order valence-corrected chi connectivity index (χ2v) is 6.44. The molecule has 2 rings (SSSR count). The van der Waals surface area contributed by atoms with Gasteiger partial charge >= 0.3 is 5.97 Å². The monoisotopic (exact) mass is 291 g/mol. The molecular formula is C15H17NO3S. The molecule has 0 atom stereocenters. The summed E-state index contributed by atoms with van der Waals surface area (Å²) < 4.78 is 5.61. The summed E-state index contributed by atoms with van der Waals surface area (Å²) in [4.78, 5) is 15.3. The normalized spacial score (nSPS) is 11.3. The molecule has 1 aromatic carbocycles. The minimum Gasteiger partial charge on any atom is -0.486 e. The predicted octanol–water partition coefficient (Wildman–Crippen LogP) is 3.72. The first-order valence-electron chi connectivity index (χ1n) is 6.27. The largest absolute Gasteiger partial charge is 0.486 e.